The number of allylic oxidation sites excluding steroid dienone is 1. The SMILES string of the molecule is CCCCCCCCCCCCCCCCOc1ccc2c(c1)SC(=Cc1ccc(CCCCCC(C)C)cc1)C2=O. The number of thioether (sulfide) groups is 1. The molecule has 0 aromatic heterocycles. The molecule has 1 aliphatic heterocycles. The van der Waals surface area contributed by atoms with Gasteiger partial charge in [-0.25, -0.2) is 0 Å². The van der Waals surface area contributed by atoms with Gasteiger partial charge in [-0.05, 0) is 60.6 Å². The summed E-state index contributed by atoms with van der Waals surface area (Å²) in [7, 11) is 0. The molecular weight excluding hydrogens is 532 g/mol. The fraction of sp³-hybridized carbons (Fsp3) is 0.615. The van der Waals surface area contributed by atoms with Crippen LogP contribution in [0.25, 0.3) is 6.08 Å². The third-order valence-corrected chi connectivity index (χ3v) is 9.51. The summed E-state index contributed by atoms with van der Waals surface area (Å²) in [6.45, 7) is 7.64. The highest BCUT2D eigenvalue weighted by Crippen LogP contribution is 2.42. The first-order valence-electron chi connectivity index (χ1n) is 17.4. The van der Waals surface area contributed by atoms with Crippen molar-refractivity contribution in [3.63, 3.8) is 0 Å². The number of benzene rings is 2. The fourth-order valence-electron chi connectivity index (χ4n) is 5.73. The van der Waals surface area contributed by atoms with Crippen LogP contribution in [0.4, 0.5) is 0 Å². The van der Waals surface area contributed by atoms with Crippen molar-refractivity contribution in [2.45, 2.75) is 148 Å². The molecule has 3 rings (SSSR count). The molecule has 3 heteroatoms. The number of Topliss-reactive ketones (excluding diaryl/α,β-unsaturated/α-hetero) is 1. The monoisotopic (exact) mass is 590 g/mol. The van der Waals surface area contributed by atoms with Gasteiger partial charge in [0.15, 0.2) is 0 Å². The van der Waals surface area contributed by atoms with Gasteiger partial charge >= 0.3 is 0 Å². The average molecular weight is 591 g/mol. The summed E-state index contributed by atoms with van der Waals surface area (Å²) in [5, 5.41) is 0. The van der Waals surface area contributed by atoms with Gasteiger partial charge in [0.05, 0.1) is 11.5 Å². The van der Waals surface area contributed by atoms with Crippen LogP contribution in [0.2, 0.25) is 0 Å². The van der Waals surface area contributed by atoms with Crippen molar-refractivity contribution in [1.29, 1.82) is 0 Å². The summed E-state index contributed by atoms with van der Waals surface area (Å²) in [5.41, 5.74) is 3.28. The van der Waals surface area contributed by atoms with Gasteiger partial charge in [-0.15, -0.1) is 0 Å². The Bertz CT molecular complexity index is 1050. The average Bonchev–Trinajstić information content (AvgIpc) is 3.29. The molecule has 1 heterocycles. The van der Waals surface area contributed by atoms with E-state index in [1.807, 2.05) is 24.3 Å². The van der Waals surface area contributed by atoms with Crippen molar-refractivity contribution >= 4 is 23.6 Å². The summed E-state index contributed by atoms with van der Waals surface area (Å²) < 4.78 is 6.06. The second kappa shape index (κ2) is 20.8. The van der Waals surface area contributed by atoms with Gasteiger partial charge in [0.1, 0.15) is 5.75 Å². The summed E-state index contributed by atoms with van der Waals surface area (Å²) in [4.78, 5) is 14.8. The van der Waals surface area contributed by atoms with E-state index in [-0.39, 0.29) is 5.78 Å². The third-order valence-electron chi connectivity index (χ3n) is 8.43. The Morgan fingerprint density at radius 1 is 0.714 bits per heavy atom. The predicted molar refractivity (Wildman–Crippen MR) is 184 cm³/mol. The lowest BCUT2D eigenvalue weighted by Gasteiger charge is -2.07. The van der Waals surface area contributed by atoms with E-state index in [1.54, 1.807) is 11.8 Å². The molecule has 42 heavy (non-hydrogen) atoms. The van der Waals surface area contributed by atoms with Gasteiger partial charge in [-0.2, -0.15) is 0 Å². The molecule has 2 aromatic carbocycles. The van der Waals surface area contributed by atoms with Crippen LogP contribution in [0.1, 0.15) is 158 Å². The smallest absolute Gasteiger partial charge is 0.200 e. The highest BCUT2D eigenvalue weighted by molar-refractivity contribution is 8.04. The first-order valence-corrected chi connectivity index (χ1v) is 18.2. The molecule has 0 saturated heterocycles. The normalized spacial score (nSPS) is 13.8. The van der Waals surface area contributed by atoms with E-state index >= 15 is 0 Å². The minimum Gasteiger partial charge on any atom is -0.494 e. The lowest BCUT2D eigenvalue weighted by atomic mass is 10.0. The number of aryl methyl sites for hydroxylation is 1. The van der Waals surface area contributed by atoms with Crippen molar-refractivity contribution in [1.82, 2.24) is 0 Å². The molecule has 0 unspecified atom stereocenters. The van der Waals surface area contributed by atoms with Crippen LogP contribution >= 0.6 is 11.8 Å². The first-order chi connectivity index (χ1) is 20.6. The van der Waals surface area contributed by atoms with E-state index in [2.05, 4.69) is 45.0 Å². The largest absolute Gasteiger partial charge is 0.494 e. The summed E-state index contributed by atoms with van der Waals surface area (Å²) in [6.07, 6.45) is 27.5. The zero-order chi connectivity index (χ0) is 29.8. The second-order valence-electron chi connectivity index (χ2n) is 12.8. The van der Waals surface area contributed by atoms with Gasteiger partial charge in [0.2, 0.25) is 5.78 Å². The number of fused-ring (bicyclic) bond motifs is 1. The quantitative estimate of drug-likeness (QED) is 0.0951. The zero-order valence-electron chi connectivity index (χ0n) is 27.1. The number of hydrogen-bond acceptors (Lipinski definition) is 3. The standard InChI is InChI=1S/C39H58O2S/c1-4-5-6-7-8-9-10-11-12-13-14-15-16-20-29-41-35-27-28-36-37(31-35)42-38(39(36)40)30-34-25-23-33(24-26-34)22-19-17-18-21-32(2)3/h23-28,30-32H,4-22,29H2,1-3H3. The fourth-order valence-corrected chi connectivity index (χ4v) is 6.81. The van der Waals surface area contributed by atoms with Crippen LogP contribution in [-0.2, 0) is 6.42 Å². The zero-order valence-corrected chi connectivity index (χ0v) is 27.9. The van der Waals surface area contributed by atoms with Gasteiger partial charge in [0, 0.05) is 10.5 Å². The molecular formula is C39H58O2S. The van der Waals surface area contributed by atoms with Crippen LogP contribution in [0, 0.1) is 5.92 Å². The van der Waals surface area contributed by atoms with Gasteiger partial charge in [0.25, 0.3) is 0 Å². The summed E-state index contributed by atoms with van der Waals surface area (Å²) in [6, 6.07) is 14.7. The summed E-state index contributed by atoms with van der Waals surface area (Å²) in [5.74, 6) is 1.81. The van der Waals surface area contributed by atoms with Crippen molar-refractivity contribution in [2.75, 3.05) is 6.61 Å². The van der Waals surface area contributed by atoms with Crippen molar-refractivity contribution in [3.05, 3.63) is 64.1 Å². The molecule has 1 aliphatic rings. The van der Waals surface area contributed by atoms with Crippen LogP contribution in [0.3, 0.4) is 0 Å². The Balaban J connectivity index is 1.28. The van der Waals surface area contributed by atoms with Crippen molar-refractivity contribution < 1.29 is 9.53 Å². The Labute approximate surface area is 262 Å². The van der Waals surface area contributed by atoms with E-state index in [1.165, 1.54) is 115 Å². The van der Waals surface area contributed by atoms with Crippen molar-refractivity contribution in [3.8, 4) is 5.75 Å². The van der Waals surface area contributed by atoms with Gasteiger partial charge in [-0.3, -0.25) is 4.79 Å². The molecule has 2 nitrogen and oxygen atoms in total. The minimum atomic E-state index is 0.128. The van der Waals surface area contributed by atoms with E-state index in [0.29, 0.717) is 0 Å². The maximum atomic E-state index is 13.0. The molecule has 0 spiro atoms. The number of rotatable bonds is 23. The lowest BCUT2D eigenvalue weighted by Crippen LogP contribution is -1.98. The number of ketones is 1. The number of carbonyl (C=O) groups is 1. The van der Waals surface area contributed by atoms with Crippen LogP contribution < -0.4 is 4.74 Å². The molecule has 2 aromatic rings. The molecule has 232 valence electrons. The number of carbonyl (C=O) groups excluding carboxylic acids is 1. The second-order valence-corrected chi connectivity index (χ2v) is 13.9. The van der Waals surface area contributed by atoms with Gasteiger partial charge < -0.3 is 4.74 Å². The van der Waals surface area contributed by atoms with E-state index in [0.717, 1.165) is 52.0 Å². The maximum absolute atomic E-state index is 13.0. The number of unbranched alkanes of at least 4 members (excludes halogenated alkanes) is 15. The van der Waals surface area contributed by atoms with Crippen LogP contribution in [-0.4, -0.2) is 12.4 Å². The van der Waals surface area contributed by atoms with Crippen molar-refractivity contribution in [2.24, 2.45) is 5.92 Å². The van der Waals surface area contributed by atoms with E-state index < -0.39 is 0 Å². The Morgan fingerprint density at radius 3 is 1.93 bits per heavy atom. The maximum Gasteiger partial charge on any atom is 0.200 e. The highest BCUT2D eigenvalue weighted by Gasteiger charge is 2.26. The Kier molecular flexibility index (Phi) is 17.1. The molecule has 0 bridgehead atoms. The molecule has 0 N–H and O–H groups in total. The van der Waals surface area contributed by atoms with Gasteiger partial charge in [-0.1, -0.05) is 160 Å². The Morgan fingerprint density at radius 2 is 1.31 bits per heavy atom. The molecule has 0 atom stereocenters. The molecule has 0 amide bonds. The lowest BCUT2D eigenvalue weighted by molar-refractivity contribution is 0.104. The number of hydrogen-bond donors (Lipinski definition) is 0. The molecule has 0 saturated carbocycles. The molecule has 0 aliphatic carbocycles. The number of ether oxygens (including phenoxy) is 1. The third kappa shape index (κ3) is 13.5. The molecule has 0 fully saturated rings. The minimum absolute atomic E-state index is 0.128. The van der Waals surface area contributed by atoms with E-state index in [4.69, 9.17) is 4.74 Å². The first kappa shape index (κ1) is 34.5. The molecule has 0 radical (unpaired) electrons. The van der Waals surface area contributed by atoms with Crippen LogP contribution in [0.15, 0.2) is 52.3 Å². The van der Waals surface area contributed by atoms with Crippen LogP contribution in [0.5, 0.6) is 5.75 Å². The van der Waals surface area contributed by atoms with E-state index in [9.17, 15) is 4.79 Å². The predicted octanol–water partition coefficient (Wildman–Crippen LogP) is 12.6. The Hall–Kier alpha value is -2.00. The summed E-state index contributed by atoms with van der Waals surface area (Å²) >= 11 is 1.57. The highest BCUT2D eigenvalue weighted by atomic mass is 32.2. The topological polar surface area (TPSA) is 26.3 Å².